The van der Waals surface area contributed by atoms with Gasteiger partial charge in [0.2, 0.25) is 0 Å². The third-order valence-corrected chi connectivity index (χ3v) is 3.50. The maximum absolute atomic E-state index is 5.60. The number of nitrogens with two attached hydrogens (primary N) is 1. The van der Waals surface area contributed by atoms with Crippen molar-refractivity contribution in [2.24, 2.45) is 5.84 Å². The molecule has 2 aromatic carbocycles. The lowest BCUT2D eigenvalue weighted by molar-refractivity contribution is 0.510. The van der Waals surface area contributed by atoms with E-state index >= 15 is 0 Å². The molecular weight excluding hydrogens is 276 g/mol. The Labute approximate surface area is 110 Å². The monoisotopic (exact) mass is 292 g/mol. The zero-order chi connectivity index (χ0) is 12.3. The lowest BCUT2D eigenvalue weighted by atomic mass is 9.99. The van der Waals surface area contributed by atoms with Crippen molar-refractivity contribution in [1.29, 1.82) is 0 Å². The van der Waals surface area contributed by atoms with Crippen LogP contribution in [-0.2, 0) is 0 Å². The topological polar surface area (TPSA) is 38.0 Å². The molecule has 90 valence electrons. The molecule has 2 nitrogen and oxygen atoms in total. The molecule has 0 fully saturated rings. The highest BCUT2D eigenvalue weighted by Crippen LogP contribution is 2.25. The molecule has 0 saturated heterocycles. The van der Waals surface area contributed by atoms with Crippen LogP contribution in [-0.4, -0.2) is 0 Å². The second kappa shape index (κ2) is 5.63. The number of hydrogen-bond acceptors (Lipinski definition) is 2. The van der Waals surface area contributed by atoms with Gasteiger partial charge in [-0.05, 0) is 41.0 Å². The van der Waals surface area contributed by atoms with Gasteiger partial charge in [-0.25, -0.2) is 0 Å². The average Bonchev–Trinajstić information content (AvgIpc) is 2.35. The summed E-state index contributed by atoms with van der Waals surface area (Å²) in [5.41, 5.74) is 4.14. The van der Waals surface area contributed by atoms with E-state index in [0.29, 0.717) is 0 Å². The van der Waals surface area contributed by atoms with E-state index in [0.717, 1.165) is 17.3 Å². The van der Waals surface area contributed by atoms with Crippen LogP contribution in [0.25, 0.3) is 10.8 Å². The zero-order valence-electron chi connectivity index (χ0n) is 9.91. The van der Waals surface area contributed by atoms with Crippen molar-refractivity contribution in [2.75, 3.05) is 0 Å². The molecule has 1 atom stereocenters. The SMILES string of the molecule is CCCC(NN)c1ccc2cc(Br)ccc2c1. The Hall–Kier alpha value is -0.900. The molecule has 0 aliphatic heterocycles. The van der Waals surface area contributed by atoms with Gasteiger partial charge in [-0.1, -0.05) is 47.5 Å². The molecule has 1 unspecified atom stereocenters. The van der Waals surface area contributed by atoms with Crippen molar-refractivity contribution < 1.29 is 0 Å². The number of benzene rings is 2. The van der Waals surface area contributed by atoms with Crippen molar-refractivity contribution in [1.82, 2.24) is 5.43 Å². The number of fused-ring (bicyclic) bond motifs is 1. The Morgan fingerprint density at radius 1 is 1.18 bits per heavy atom. The van der Waals surface area contributed by atoms with Gasteiger partial charge in [0.15, 0.2) is 0 Å². The van der Waals surface area contributed by atoms with Crippen LogP contribution in [0.2, 0.25) is 0 Å². The molecule has 0 saturated carbocycles. The van der Waals surface area contributed by atoms with Crippen molar-refractivity contribution in [2.45, 2.75) is 25.8 Å². The normalized spacial score (nSPS) is 12.9. The molecule has 0 bridgehead atoms. The summed E-state index contributed by atoms with van der Waals surface area (Å²) < 4.78 is 1.11. The molecule has 0 aliphatic carbocycles. The first-order valence-electron chi connectivity index (χ1n) is 5.90. The fourth-order valence-corrected chi connectivity index (χ4v) is 2.47. The van der Waals surface area contributed by atoms with Crippen LogP contribution >= 0.6 is 15.9 Å². The van der Waals surface area contributed by atoms with Crippen LogP contribution in [0.4, 0.5) is 0 Å². The van der Waals surface area contributed by atoms with Crippen molar-refractivity contribution in [3.8, 4) is 0 Å². The Morgan fingerprint density at radius 3 is 2.59 bits per heavy atom. The molecule has 3 N–H and O–H groups in total. The van der Waals surface area contributed by atoms with Gasteiger partial charge in [-0.2, -0.15) is 0 Å². The van der Waals surface area contributed by atoms with Crippen molar-refractivity contribution in [3.63, 3.8) is 0 Å². The minimum absolute atomic E-state index is 0.244. The first-order valence-corrected chi connectivity index (χ1v) is 6.69. The molecule has 0 radical (unpaired) electrons. The second-order valence-electron chi connectivity index (χ2n) is 4.26. The lowest BCUT2D eigenvalue weighted by Gasteiger charge is -2.16. The standard InChI is InChI=1S/C14H17BrN2/c1-2-3-14(17-16)12-5-4-11-9-13(15)7-6-10(11)8-12/h4-9,14,17H,2-3,16H2,1H3. The van der Waals surface area contributed by atoms with E-state index in [-0.39, 0.29) is 6.04 Å². The van der Waals surface area contributed by atoms with Crippen LogP contribution < -0.4 is 11.3 Å². The largest absolute Gasteiger partial charge is 0.271 e. The number of hydrogen-bond donors (Lipinski definition) is 2. The smallest absolute Gasteiger partial charge is 0.0460 e. The predicted molar refractivity (Wildman–Crippen MR) is 76.6 cm³/mol. The lowest BCUT2D eigenvalue weighted by Crippen LogP contribution is -2.27. The Kier molecular flexibility index (Phi) is 4.15. The molecule has 2 aromatic rings. The summed E-state index contributed by atoms with van der Waals surface area (Å²) in [5.74, 6) is 5.60. The zero-order valence-corrected chi connectivity index (χ0v) is 11.5. The number of nitrogens with one attached hydrogen (secondary N) is 1. The van der Waals surface area contributed by atoms with E-state index in [2.05, 4.69) is 64.7 Å². The average molecular weight is 293 g/mol. The summed E-state index contributed by atoms with van der Waals surface area (Å²) in [5, 5.41) is 2.50. The number of halogens is 1. The molecule has 0 aliphatic rings. The maximum Gasteiger partial charge on any atom is 0.0460 e. The van der Waals surface area contributed by atoms with Crippen LogP contribution in [0, 0.1) is 0 Å². The first kappa shape index (κ1) is 12.6. The van der Waals surface area contributed by atoms with E-state index in [1.54, 1.807) is 0 Å². The molecule has 0 amide bonds. The molecule has 2 rings (SSSR count). The summed E-state index contributed by atoms with van der Waals surface area (Å²) in [6.07, 6.45) is 2.17. The van der Waals surface area contributed by atoms with Gasteiger partial charge < -0.3 is 0 Å². The van der Waals surface area contributed by atoms with Crippen molar-refractivity contribution in [3.05, 3.63) is 46.4 Å². The van der Waals surface area contributed by atoms with Gasteiger partial charge >= 0.3 is 0 Å². The fourth-order valence-electron chi connectivity index (χ4n) is 2.09. The van der Waals surface area contributed by atoms with Crippen LogP contribution in [0.1, 0.15) is 31.4 Å². The van der Waals surface area contributed by atoms with Gasteiger partial charge in [-0.3, -0.25) is 11.3 Å². The summed E-state index contributed by atoms with van der Waals surface area (Å²) >= 11 is 3.49. The predicted octanol–water partition coefficient (Wildman–Crippen LogP) is 3.91. The summed E-state index contributed by atoms with van der Waals surface area (Å²) in [6.45, 7) is 2.17. The molecule has 0 aromatic heterocycles. The molecule has 0 spiro atoms. The molecule has 0 heterocycles. The number of hydrazine groups is 1. The Balaban J connectivity index is 2.40. The van der Waals surface area contributed by atoms with Gasteiger partial charge in [0.25, 0.3) is 0 Å². The Morgan fingerprint density at radius 2 is 1.88 bits per heavy atom. The summed E-state index contributed by atoms with van der Waals surface area (Å²) in [7, 11) is 0. The molecule has 17 heavy (non-hydrogen) atoms. The highest BCUT2D eigenvalue weighted by atomic mass is 79.9. The van der Waals surface area contributed by atoms with E-state index in [9.17, 15) is 0 Å². The van der Waals surface area contributed by atoms with Crippen molar-refractivity contribution >= 4 is 26.7 Å². The quantitative estimate of drug-likeness (QED) is 0.662. The third kappa shape index (κ3) is 2.86. The van der Waals surface area contributed by atoms with Crippen LogP contribution in [0.5, 0.6) is 0 Å². The highest BCUT2D eigenvalue weighted by Gasteiger charge is 2.08. The van der Waals surface area contributed by atoms with Gasteiger partial charge in [0, 0.05) is 10.5 Å². The van der Waals surface area contributed by atoms with Gasteiger partial charge in [-0.15, -0.1) is 0 Å². The first-order chi connectivity index (χ1) is 8.24. The fraction of sp³-hybridized carbons (Fsp3) is 0.286. The molecule has 3 heteroatoms. The van der Waals surface area contributed by atoms with Crippen LogP contribution in [0.3, 0.4) is 0 Å². The highest BCUT2D eigenvalue weighted by molar-refractivity contribution is 9.10. The maximum atomic E-state index is 5.60. The summed E-state index contributed by atoms with van der Waals surface area (Å²) in [4.78, 5) is 0. The van der Waals surface area contributed by atoms with E-state index < -0.39 is 0 Å². The summed E-state index contributed by atoms with van der Waals surface area (Å²) in [6, 6.07) is 13.1. The second-order valence-corrected chi connectivity index (χ2v) is 5.17. The Bertz CT molecular complexity index is 511. The third-order valence-electron chi connectivity index (χ3n) is 3.01. The van der Waals surface area contributed by atoms with E-state index in [1.807, 2.05) is 0 Å². The van der Waals surface area contributed by atoms with E-state index in [4.69, 9.17) is 5.84 Å². The minimum atomic E-state index is 0.244. The van der Waals surface area contributed by atoms with E-state index in [1.165, 1.54) is 16.3 Å². The van der Waals surface area contributed by atoms with Gasteiger partial charge in [0.05, 0.1) is 0 Å². The van der Waals surface area contributed by atoms with Gasteiger partial charge in [0.1, 0.15) is 0 Å². The molecular formula is C14H17BrN2. The minimum Gasteiger partial charge on any atom is -0.271 e. The van der Waals surface area contributed by atoms with Crippen LogP contribution in [0.15, 0.2) is 40.9 Å². The number of rotatable bonds is 4.